The molecule has 0 aliphatic heterocycles. The van der Waals surface area contributed by atoms with Crippen LogP contribution in [0.4, 0.5) is 4.39 Å². The Morgan fingerprint density at radius 1 is 1.36 bits per heavy atom. The van der Waals surface area contributed by atoms with E-state index in [4.69, 9.17) is 22.1 Å². The highest BCUT2D eigenvalue weighted by Crippen LogP contribution is 2.33. The molecule has 1 atom stereocenters. The van der Waals surface area contributed by atoms with Crippen LogP contribution in [0, 0.1) is 5.82 Å². The van der Waals surface area contributed by atoms with Crippen LogP contribution in [-0.2, 0) is 5.41 Å². The highest BCUT2D eigenvalue weighted by Gasteiger charge is 2.27. The second kappa shape index (κ2) is 6.60. The number of hydrogen-bond donors (Lipinski definition) is 2. The van der Waals surface area contributed by atoms with Crippen molar-refractivity contribution < 1.29 is 14.2 Å². The van der Waals surface area contributed by atoms with Crippen molar-refractivity contribution in [1.82, 2.24) is 4.98 Å². The molecule has 1 unspecified atom stereocenters. The summed E-state index contributed by atoms with van der Waals surface area (Å²) >= 11 is 5.84. The second-order valence-electron chi connectivity index (χ2n) is 5.30. The number of rotatable bonds is 5. The van der Waals surface area contributed by atoms with E-state index in [2.05, 4.69) is 4.98 Å². The summed E-state index contributed by atoms with van der Waals surface area (Å²) in [6, 6.07) is 7.85. The lowest BCUT2D eigenvalue weighted by Crippen LogP contribution is -2.36. The minimum absolute atomic E-state index is 0.00972. The van der Waals surface area contributed by atoms with Gasteiger partial charge in [0.05, 0.1) is 24.4 Å². The number of pyridine rings is 1. The van der Waals surface area contributed by atoms with E-state index in [1.54, 1.807) is 18.2 Å². The number of halogens is 2. The molecule has 0 bridgehead atoms. The molecule has 0 fully saturated rings. The van der Waals surface area contributed by atoms with E-state index in [9.17, 15) is 9.50 Å². The average molecular weight is 325 g/mol. The predicted molar refractivity (Wildman–Crippen MR) is 84.7 cm³/mol. The van der Waals surface area contributed by atoms with Gasteiger partial charge >= 0.3 is 0 Å². The molecule has 1 heterocycles. The molecule has 4 nitrogen and oxygen atoms in total. The van der Waals surface area contributed by atoms with Crippen molar-refractivity contribution in [2.45, 2.75) is 12.3 Å². The molecule has 0 aliphatic rings. The fourth-order valence-corrected chi connectivity index (χ4v) is 2.23. The standard InChI is InChI=1S/C16H18ClFN2O2/c1-16(8-19,9-21)14-6-5-13(22-2)15(20-14)10-3-4-12(18)11(17)7-10/h3-7,21H,8-9,19H2,1-2H3. The highest BCUT2D eigenvalue weighted by molar-refractivity contribution is 6.31. The zero-order valence-electron chi connectivity index (χ0n) is 12.4. The number of hydrogen-bond acceptors (Lipinski definition) is 4. The lowest BCUT2D eigenvalue weighted by Gasteiger charge is -2.25. The van der Waals surface area contributed by atoms with E-state index in [0.29, 0.717) is 22.7 Å². The molecule has 0 saturated carbocycles. The summed E-state index contributed by atoms with van der Waals surface area (Å²) in [7, 11) is 1.53. The van der Waals surface area contributed by atoms with Gasteiger partial charge in [-0.3, -0.25) is 0 Å². The van der Waals surface area contributed by atoms with Crippen LogP contribution in [0.15, 0.2) is 30.3 Å². The first-order valence-electron chi connectivity index (χ1n) is 6.77. The van der Waals surface area contributed by atoms with Crippen molar-refractivity contribution in [2.24, 2.45) is 5.73 Å². The van der Waals surface area contributed by atoms with Crippen molar-refractivity contribution in [3.8, 4) is 17.0 Å². The Labute approximate surface area is 133 Å². The van der Waals surface area contributed by atoms with Crippen molar-refractivity contribution in [1.29, 1.82) is 0 Å². The third-order valence-corrected chi connectivity index (χ3v) is 3.98. The maximum Gasteiger partial charge on any atom is 0.145 e. The second-order valence-corrected chi connectivity index (χ2v) is 5.71. The lowest BCUT2D eigenvalue weighted by atomic mass is 9.87. The smallest absolute Gasteiger partial charge is 0.145 e. The van der Waals surface area contributed by atoms with E-state index in [1.807, 2.05) is 6.92 Å². The normalized spacial score (nSPS) is 13.7. The molecule has 2 aromatic rings. The first-order chi connectivity index (χ1) is 10.4. The predicted octanol–water partition coefficient (Wildman–Crippen LogP) is 2.76. The zero-order valence-corrected chi connectivity index (χ0v) is 13.2. The van der Waals surface area contributed by atoms with Crippen LogP contribution in [0.2, 0.25) is 5.02 Å². The minimum atomic E-state index is -0.662. The highest BCUT2D eigenvalue weighted by atomic mass is 35.5. The van der Waals surface area contributed by atoms with Gasteiger partial charge in [-0.15, -0.1) is 0 Å². The van der Waals surface area contributed by atoms with E-state index in [-0.39, 0.29) is 18.2 Å². The van der Waals surface area contributed by atoms with Crippen LogP contribution < -0.4 is 10.5 Å². The van der Waals surface area contributed by atoms with Crippen LogP contribution in [0.3, 0.4) is 0 Å². The van der Waals surface area contributed by atoms with Crippen LogP contribution in [0.5, 0.6) is 5.75 Å². The molecule has 118 valence electrons. The molecule has 0 aliphatic carbocycles. The van der Waals surface area contributed by atoms with Crippen LogP contribution in [-0.4, -0.2) is 30.4 Å². The molecule has 0 amide bonds. The maximum atomic E-state index is 13.3. The molecule has 1 aromatic heterocycles. The monoisotopic (exact) mass is 324 g/mol. The topological polar surface area (TPSA) is 68.4 Å². The molecule has 0 spiro atoms. The van der Waals surface area contributed by atoms with Gasteiger partial charge in [0, 0.05) is 17.5 Å². The molecule has 3 N–H and O–H groups in total. The number of nitrogens with two attached hydrogens (primary N) is 1. The lowest BCUT2D eigenvalue weighted by molar-refractivity contribution is 0.207. The first kappa shape index (κ1) is 16.7. The Morgan fingerprint density at radius 2 is 2.09 bits per heavy atom. The third-order valence-electron chi connectivity index (χ3n) is 3.69. The molecule has 6 heteroatoms. The minimum Gasteiger partial charge on any atom is -0.494 e. The number of ether oxygens (including phenoxy) is 1. The summed E-state index contributed by atoms with van der Waals surface area (Å²) < 4.78 is 18.7. The summed E-state index contributed by atoms with van der Waals surface area (Å²) in [5, 5.41) is 9.59. The summed E-state index contributed by atoms with van der Waals surface area (Å²) in [6.07, 6.45) is 0. The summed E-state index contributed by atoms with van der Waals surface area (Å²) in [5.74, 6) is 0.0337. The van der Waals surface area contributed by atoms with Crippen LogP contribution >= 0.6 is 11.6 Å². The number of aliphatic hydroxyl groups is 1. The number of aliphatic hydroxyl groups excluding tert-OH is 1. The van der Waals surface area contributed by atoms with Gasteiger partial charge in [0.25, 0.3) is 0 Å². The number of benzene rings is 1. The molecule has 22 heavy (non-hydrogen) atoms. The molecular weight excluding hydrogens is 307 g/mol. The van der Waals surface area contributed by atoms with Crippen molar-refractivity contribution in [3.05, 3.63) is 46.9 Å². The number of methoxy groups -OCH3 is 1. The largest absolute Gasteiger partial charge is 0.494 e. The average Bonchev–Trinajstić information content (AvgIpc) is 2.56. The molecule has 0 saturated heterocycles. The van der Waals surface area contributed by atoms with Gasteiger partial charge in [-0.05, 0) is 30.3 Å². The van der Waals surface area contributed by atoms with Gasteiger partial charge in [0.2, 0.25) is 0 Å². The molecular formula is C16H18ClFN2O2. The molecule has 1 aromatic carbocycles. The molecule has 0 radical (unpaired) electrons. The van der Waals surface area contributed by atoms with Crippen LogP contribution in [0.1, 0.15) is 12.6 Å². The van der Waals surface area contributed by atoms with Gasteiger partial charge in [0.15, 0.2) is 0 Å². The first-order valence-corrected chi connectivity index (χ1v) is 7.15. The maximum absolute atomic E-state index is 13.3. The van der Waals surface area contributed by atoms with E-state index in [0.717, 1.165) is 0 Å². The number of nitrogens with zero attached hydrogens (tertiary/aromatic N) is 1. The zero-order chi connectivity index (χ0) is 16.3. The van der Waals surface area contributed by atoms with Gasteiger partial charge in [-0.25, -0.2) is 9.37 Å². The summed E-state index contributed by atoms with van der Waals surface area (Å²) in [6.45, 7) is 1.93. The Balaban J connectivity index is 2.60. The van der Waals surface area contributed by atoms with Gasteiger partial charge < -0.3 is 15.6 Å². The fraction of sp³-hybridized carbons (Fsp3) is 0.312. The number of aromatic nitrogens is 1. The van der Waals surface area contributed by atoms with E-state index >= 15 is 0 Å². The van der Waals surface area contributed by atoms with Crippen molar-refractivity contribution >= 4 is 11.6 Å². The van der Waals surface area contributed by atoms with E-state index < -0.39 is 11.2 Å². The van der Waals surface area contributed by atoms with Gasteiger partial charge in [-0.2, -0.15) is 0 Å². The summed E-state index contributed by atoms with van der Waals surface area (Å²) in [4.78, 5) is 4.55. The third kappa shape index (κ3) is 3.06. The molecule has 2 rings (SSSR count). The van der Waals surface area contributed by atoms with Crippen molar-refractivity contribution in [3.63, 3.8) is 0 Å². The van der Waals surface area contributed by atoms with Crippen LogP contribution in [0.25, 0.3) is 11.3 Å². The Morgan fingerprint density at radius 3 is 2.64 bits per heavy atom. The Kier molecular flexibility index (Phi) is 5.01. The van der Waals surface area contributed by atoms with Gasteiger partial charge in [0.1, 0.15) is 17.3 Å². The van der Waals surface area contributed by atoms with Gasteiger partial charge in [-0.1, -0.05) is 18.5 Å². The Bertz CT molecular complexity index is 675. The summed E-state index contributed by atoms with van der Waals surface area (Å²) in [5.41, 5.74) is 6.87. The SMILES string of the molecule is COc1ccc(C(C)(CN)CO)nc1-c1ccc(F)c(Cl)c1. The fourth-order valence-electron chi connectivity index (χ4n) is 2.05. The van der Waals surface area contributed by atoms with E-state index in [1.165, 1.54) is 19.2 Å². The van der Waals surface area contributed by atoms with Crippen molar-refractivity contribution in [2.75, 3.05) is 20.3 Å². The quantitative estimate of drug-likeness (QED) is 0.887. The Hall–Kier alpha value is -1.69.